The average Bonchev–Trinajstić information content (AvgIpc) is 2.41. The number of carboxylic acids is 1. The molecule has 0 bridgehead atoms. The van der Waals surface area contributed by atoms with E-state index in [0.717, 1.165) is 16.6 Å². The normalized spacial score (nSPS) is 14.1. The van der Waals surface area contributed by atoms with Gasteiger partial charge in [0.25, 0.3) is 0 Å². The maximum Gasteiger partial charge on any atom is 0.323 e. The summed E-state index contributed by atoms with van der Waals surface area (Å²) in [6, 6.07) is 8.34. The summed E-state index contributed by atoms with van der Waals surface area (Å²) in [7, 11) is 0. The van der Waals surface area contributed by atoms with Gasteiger partial charge in [0.05, 0.1) is 0 Å². The van der Waals surface area contributed by atoms with Crippen molar-refractivity contribution < 1.29 is 9.90 Å². The Labute approximate surface area is 140 Å². The topological polar surface area (TPSA) is 49.3 Å². The highest BCUT2D eigenvalue weighted by atomic mass is 79.9. The molecule has 0 saturated carbocycles. The van der Waals surface area contributed by atoms with Crippen LogP contribution in [0.5, 0.6) is 0 Å². The Morgan fingerprint density at radius 3 is 2.71 bits per heavy atom. The van der Waals surface area contributed by atoms with Crippen molar-refractivity contribution >= 4 is 33.7 Å². The molecule has 3 nitrogen and oxygen atoms in total. The summed E-state index contributed by atoms with van der Waals surface area (Å²) in [4.78, 5) is 12.8. The summed E-state index contributed by atoms with van der Waals surface area (Å²) in [6.07, 6.45) is 2.12. The predicted octanol–water partition coefficient (Wildman–Crippen LogP) is 4.55. The van der Waals surface area contributed by atoms with E-state index in [1.807, 2.05) is 32.9 Å². The van der Waals surface area contributed by atoms with Crippen LogP contribution >= 0.6 is 27.7 Å². The largest absolute Gasteiger partial charge is 0.480 e. The lowest BCUT2D eigenvalue weighted by Gasteiger charge is -2.31. The summed E-state index contributed by atoms with van der Waals surface area (Å²) in [5.41, 5.74) is -0.800. The van der Waals surface area contributed by atoms with E-state index in [-0.39, 0.29) is 6.04 Å². The van der Waals surface area contributed by atoms with E-state index in [1.54, 1.807) is 11.8 Å². The van der Waals surface area contributed by atoms with Gasteiger partial charge in [0, 0.05) is 15.4 Å². The predicted molar refractivity (Wildman–Crippen MR) is 93.0 cm³/mol. The molecule has 0 spiro atoms. The molecule has 2 N–H and O–H groups in total. The van der Waals surface area contributed by atoms with Gasteiger partial charge in [-0.3, -0.25) is 10.1 Å². The van der Waals surface area contributed by atoms with E-state index in [0.29, 0.717) is 12.8 Å². The summed E-state index contributed by atoms with van der Waals surface area (Å²) < 4.78 is 1.07. The van der Waals surface area contributed by atoms with Crippen LogP contribution in [0.1, 0.15) is 40.0 Å². The number of hydrogen-bond acceptors (Lipinski definition) is 3. The maximum atomic E-state index is 11.6. The number of nitrogens with one attached hydrogen (secondary N) is 1. The highest BCUT2D eigenvalue weighted by Crippen LogP contribution is 2.25. The Morgan fingerprint density at radius 1 is 1.48 bits per heavy atom. The zero-order chi connectivity index (χ0) is 15.9. The molecule has 0 aliphatic carbocycles. The van der Waals surface area contributed by atoms with Crippen LogP contribution in [0.2, 0.25) is 0 Å². The quantitative estimate of drug-likeness (QED) is 0.492. The summed E-state index contributed by atoms with van der Waals surface area (Å²) in [5.74, 6) is 0.178. The van der Waals surface area contributed by atoms with Gasteiger partial charge in [-0.25, -0.2) is 0 Å². The van der Waals surface area contributed by atoms with Crippen molar-refractivity contribution in [2.24, 2.45) is 0 Å². The minimum atomic E-state index is -0.800. The fourth-order valence-corrected chi connectivity index (χ4v) is 3.80. The van der Waals surface area contributed by atoms with Crippen LogP contribution in [0, 0.1) is 0 Å². The number of carbonyl (C=O) groups is 1. The number of rotatable bonds is 9. The van der Waals surface area contributed by atoms with Crippen molar-refractivity contribution in [2.45, 2.75) is 56.5 Å². The first kappa shape index (κ1) is 18.5. The molecule has 0 saturated heterocycles. The van der Waals surface area contributed by atoms with E-state index >= 15 is 0 Å². The van der Waals surface area contributed by atoms with Gasteiger partial charge < -0.3 is 5.11 Å². The zero-order valence-electron chi connectivity index (χ0n) is 12.9. The average molecular weight is 374 g/mol. The summed E-state index contributed by atoms with van der Waals surface area (Å²) in [5, 5.41) is 12.8. The summed E-state index contributed by atoms with van der Waals surface area (Å²) in [6.45, 7) is 5.91. The van der Waals surface area contributed by atoms with Crippen LogP contribution in [0.4, 0.5) is 0 Å². The molecule has 1 rings (SSSR count). The molecule has 0 aliphatic heterocycles. The second-order valence-electron chi connectivity index (χ2n) is 5.45. The van der Waals surface area contributed by atoms with Crippen molar-refractivity contribution in [3.05, 3.63) is 28.7 Å². The molecule has 21 heavy (non-hydrogen) atoms. The molecule has 1 atom stereocenters. The fourth-order valence-electron chi connectivity index (χ4n) is 2.34. The lowest BCUT2D eigenvalue weighted by molar-refractivity contribution is -0.145. The van der Waals surface area contributed by atoms with E-state index in [9.17, 15) is 9.90 Å². The van der Waals surface area contributed by atoms with E-state index < -0.39 is 11.5 Å². The second-order valence-corrected chi connectivity index (χ2v) is 7.53. The molecule has 0 heterocycles. The highest BCUT2D eigenvalue weighted by Gasteiger charge is 2.36. The molecule has 1 aromatic carbocycles. The maximum absolute atomic E-state index is 11.6. The van der Waals surface area contributed by atoms with E-state index in [2.05, 4.69) is 33.4 Å². The molecule has 1 aromatic rings. The van der Waals surface area contributed by atoms with Gasteiger partial charge in [-0.05, 0) is 57.1 Å². The first-order valence-corrected chi connectivity index (χ1v) is 9.07. The molecular weight excluding hydrogens is 350 g/mol. The van der Waals surface area contributed by atoms with E-state index in [1.165, 1.54) is 4.90 Å². The SMILES string of the molecule is CCC(CCCSc1cccc(Br)c1)(NC(C)C)C(=O)O. The summed E-state index contributed by atoms with van der Waals surface area (Å²) >= 11 is 5.22. The van der Waals surface area contributed by atoms with Gasteiger partial charge in [0.15, 0.2) is 0 Å². The molecule has 0 aromatic heterocycles. The van der Waals surface area contributed by atoms with Crippen LogP contribution in [0.3, 0.4) is 0 Å². The van der Waals surface area contributed by atoms with Gasteiger partial charge in [0.2, 0.25) is 0 Å². The number of benzene rings is 1. The minimum absolute atomic E-state index is 0.166. The standard InChI is InChI=1S/C16H24BrNO2S/c1-4-16(15(19)20,18-12(2)3)9-6-10-21-14-8-5-7-13(17)11-14/h5,7-8,11-12,18H,4,6,9-10H2,1-3H3,(H,19,20). The molecule has 0 amide bonds. The smallest absolute Gasteiger partial charge is 0.323 e. The molecule has 5 heteroatoms. The van der Waals surface area contributed by atoms with Crippen molar-refractivity contribution in [3.63, 3.8) is 0 Å². The minimum Gasteiger partial charge on any atom is -0.480 e. The Bertz CT molecular complexity index is 467. The van der Waals surface area contributed by atoms with Gasteiger partial charge >= 0.3 is 5.97 Å². The fraction of sp³-hybridized carbons (Fsp3) is 0.562. The first-order valence-electron chi connectivity index (χ1n) is 7.29. The lowest BCUT2D eigenvalue weighted by atomic mass is 9.90. The Morgan fingerprint density at radius 2 is 2.19 bits per heavy atom. The number of hydrogen-bond donors (Lipinski definition) is 2. The van der Waals surface area contributed by atoms with Crippen LogP contribution in [0.15, 0.2) is 33.6 Å². The molecule has 0 fully saturated rings. The molecular formula is C16H24BrNO2S. The molecule has 0 radical (unpaired) electrons. The van der Waals surface area contributed by atoms with Crippen molar-refractivity contribution in [1.82, 2.24) is 5.32 Å². The van der Waals surface area contributed by atoms with Crippen molar-refractivity contribution in [3.8, 4) is 0 Å². The molecule has 1 unspecified atom stereocenters. The number of carboxylic acid groups (broad SMARTS) is 1. The van der Waals surface area contributed by atoms with Crippen LogP contribution in [0.25, 0.3) is 0 Å². The number of aliphatic carboxylic acids is 1. The lowest BCUT2D eigenvalue weighted by Crippen LogP contribution is -2.54. The first-order chi connectivity index (χ1) is 9.89. The molecule has 118 valence electrons. The van der Waals surface area contributed by atoms with Crippen molar-refractivity contribution in [1.29, 1.82) is 0 Å². The Balaban J connectivity index is 2.52. The zero-order valence-corrected chi connectivity index (χ0v) is 15.3. The second kappa shape index (κ2) is 8.81. The van der Waals surface area contributed by atoms with Gasteiger partial charge in [0.1, 0.15) is 5.54 Å². The Kier molecular flexibility index (Phi) is 7.77. The van der Waals surface area contributed by atoms with Gasteiger partial charge in [-0.15, -0.1) is 11.8 Å². The molecule has 0 aliphatic rings. The number of halogens is 1. The third-order valence-electron chi connectivity index (χ3n) is 3.39. The highest BCUT2D eigenvalue weighted by molar-refractivity contribution is 9.10. The van der Waals surface area contributed by atoms with E-state index in [4.69, 9.17) is 0 Å². The van der Waals surface area contributed by atoms with Crippen LogP contribution in [-0.4, -0.2) is 28.4 Å². The third kappa shape index (κ3) is 6.01. The number of thioether (sulfide) groups is 1. The van der Waals surface area contributed by atoms with Crippen LogP contribution < -0.4 is 5.32 Å². The third-order valence-corrected chi connectivity index (χ3v) is 4.96. The Hall–Kier alpha value is -0.520. The monoisotopic (exact) mass is 373 g/mol. The van der Waals surface area contributed by atoms with Gasteiger partial charge in [-0.1, -0.05) is 28.9 Å². The van der Waals surface area contributed by atoms with Crippen LogP contribution in [-0.2, 0) is 4.79 Å². The van der Waals surface area contributed by atoms with Crippen molar-refractivity contribution in [2.75, 3.05) is 5.75 Å². The van der Waals surface area contributed by atoms with Gasteiger partial charge in [-0.2, -0.15) is 0 Å².